The number of aromatic nitrogens is 5. The van der Waals surface area contributed by atoms with Crippen molar-refractivity contribution in [3.05, 3.63) is 24.5 Å². The van der Waals surface area contributed by atoms with Gasteiger partial charge in [0, 0.05) is 18.5 Å². The average molecular weight is 242 g/mol. The van der Waals surface area contributed by atoms with Crippen molar-refractivity contribution in [1.29, 1.82) is 0 Å². The maximum atomic E-state index is 5.87. The lowest BCUT2D eigenvalue weighted by molar-refractivity contribution is 0.945. The second-order valence-electron chi connectivity index (χ2n) is 3.68. The third kappa shape index (κ3) is 1.47. The van der Waals surface area contributed by atoms with E-state index in [1.165, 1.54) is 0 Å². The summed E-state index contributed by atoms with van der Waals surface area (Å²) in [6.07, 6.45) is 3.39. The Morgan fingerprint density at radius 3 is 2.72 bits per heavy atom. The lowest BCUT2D eigenvalue weighted by Gasteiger charge is -2.01. The summed E-state index contributed by atoms with van der Waals surface area (Å²) < 4.78 is 1.57. The number of hydrogen-bond donors (Lipinski definition) is 3. The van der Waals surface area contributed by atoms with Crippen LogP contribution in [-0.4, -0.2) is 24.6 Å². The Kier molecular flexibility index (Phi) is 2.03. The molecule has 0 aliphatic rings. The molecule has 0 bridgehead atoms. The van der Waals surface area contributed by atoms with Crippen LogP contribution in [-0.2, 0) is 0 Å². The zero-order valence-electron chi connectivity index (χ0n) is 9.28. The fraction of sp³-hybridized carbons (Fsp3) is 0. The number of rotatable bonds is 1. The van der Waals surface area contributed by atoms with Crippen LogP contribution < -0.4 is 17.2 Å². The van der Waals surface area contributed by atoms with E-state index in [9.17, 15) is 0 Å². The fourth-order valence-electron chi connectivity index (χ4n) is 1.76. The van der Waals surface area contributed by atoms with Crippen molar-refractivity contribution in [3.8, 4) is 11.3 Å². The summed E-state index contributed by atoms with van der Waals surface area (Å²) in [5.74, 6) is 0.665. The van der Waals surface area contributed by atoms with Gasteiger partial charge in [0.05, 0.1) is 11.3 Å². The summed E-state index contributed by atoms with van der Waals surface area (Å²) in [6.45, 7) is 0. The van der Waals surface area contributed by atoms with Crippen LogP contribution in [0.3, 0.4) is 0 Å². The van der Waals surface area contributed by atoms with Gasteiger partial charge in [-0.25, -0.2) is 14.5 Å². The Morgan fingerprint density at radius 2 is 1.94 bits per heavy atom. The highest BCUT2D eigenvalue weighted by Crippen LogP contribution is 2.28. The summed E-state index contributed by atoms with van der Waals surface area (Å²) in [5, 5.41) is 4.14. The van der Waals surface area contributed by atoms with Gasteiger partial charge in [0.15, 0.2) is 11.5 Å². The predicted octanol–water partition coefficient (Wildman–Crippen LogP) is -0.0671. The molecule has 8 heteroatoms. The first-order valence-electron chi connectivity index (χ1n) is 5.14. The van der Waals surface area contributed by atoms with E-state index >= 15 is 0 Å². The third-order valence-corrected chi connectivity index (χ3v) is 2.44. The molecule has 3 heterocycles. The van der Waals surface area contributed by atoms with E-state index in [0.29, 0.717) is 22.7 Å². The van der Waals surface area contributed by atoms with Gasteiger partial charge in [-0.3, -0.25) is 0 Å². The van der Waals surface area contributed by atoms with Crippen LogP contribution in [0.4, 0.5) is 17.6 Å². The standard InChI is InChI=1S/C10H10N8/c11-6-4-5(15-10(13)16-6)7-8(12)17-18-3-1-2-14-9(7)18/h1-4H,(H2,12,17)(H4,11,13,15,16). The minimum atomic E-state index is 0.0830. The molecular weight excluding hydrogens is 232 g/mol. The van der Waals surface area contributed by atoms with E-state index in [4.69, 9.17) is 17.2 Å². The lowest BCUT2D eigenvalue weighted by atomic mass is 10.2. The first-order chi connectivity index (χ1) is 8.65. The molecule has 0 spiro atoms. The molecule has 0 fully saturated rings. The van der Waals surface area contributed by atoms with Crippen LogP contribution in [0.1, 0.15) is 0 Å². The normalized spacial score (nSPS) is 10.9. The monoisotopic (exact) mass is 242 g/mol. The molecule has 0 saturated carbocycles. The van der Waals surface area contributed by atoms with Gasteiger partial charge in [-0.05, 0) is 6.07 Å². The first kappa shape index (κ1) is 10.3. The predicted molar refractivity (Wildman–Crippen MR) is 67.3 cm³/mol. The van der Waals surface area contributed by atoms with Crippen molar-refractivity contribution in [2.75, 3.05) is 17.2 Å². The van der Waals surface area contributed by atoms with Gasteiger partial charge in [0.2, 0.25) is 5.95 Å². The van der Waals surface area contributed by atoms with Gasteiger partial charge in [0.25, 0.3) is 0 Å². The number of hydrogen-bond acceptors (Lipinski definition) is 7. The van der Waals surface area contributed by atoms with E-state index in [1.807, 2.05) is 0 Å². The quantitative estimate of drug-likeness (QED) is 0.543. The van der Waals surface area contributed by atoms with Gasteiger partial charge < -0.3 is 17.2 Å². The van der Waals surface area contributed by atoms with Gasteiger partial charge in [-0.2, -0.15) is 4.98 Å². The Hall–Kier alpha value is -2.90. The molecule has 0 unspecified atom stereocenters. The van der Waals surface area contributed by atoms with Crippen molar-refractivity contribution in [1.82, 2.24) is 24.6 Å². The second kappa shape index (κ2) is 3.55. The Morgan fingerprint density at radius 1 is 1.11 bits per heavy atom. The van der Waals surface area contributed by atoms with Crippen LogP contribution >= 0.6 is 0 Å². The summed E-state index contributed by atoms with van der Waals surface area (Å²) in [5.41, 5.74) is 18.8. The van der Waals surface area contributed by atoms with Crippen molar-refractivity contribution < 1.29 is 0 Å². The van der Waals surface area contributed by atoms with Crippen molar-refractivity contribution in [2.24, 2.45) is 0 Å². The molecule has 0 aliphatic carbocycles. The van der Waals surface area contributed by atoms with E-state index < -0.39 is 0 Å². The van der Waals surface area contributed by atoms with Crippen LogP contribution in [0.5, 0.6) is 0 Å². The van der Waals surface area contributed by atoms with Crippen LogP contribution in [0.2, 0.25) is 0 Å². The molecular formula is C10H10N8. The molecule has 3 rings (SSSR count). The fourth-order valence-corrected chi connectivity index (χ4v) is 1.76. The van der Waals surface area contributed by atoms with Crippen LogP contribution in [0.25, 0.3) is 16.9 Å². The molecule has 0 radical (unpaired) electrons. The number of fused-ring (bicyclic) bond motifs is 1. The first-order valence-corrected chi connectivity index (χ1v) is 5.14. The molecule has 3 aromatic rings. The molecule has 0 amide bonds. The van der Waals surface area contributed by atoms with Gasteiger partial charge in [-0.15, -0.1) is 5.10 Å². The van der Waals surface area contributed by atoms with Crippen LogP contribution in [0.15, 0.2) is 24.5 Å². The average Bonchev–Trinajstić information content (AvgIpc) is 2.63. The zero-order valence-corrected chi connectivity index (χ0v) is 9.28. The molecule has 8 nitrogen and oxygen atoms in total. The number of anilines is 3. The smallest absolute Gasteiger partial charge is 0.222 e. The highest BCUT2D eigenvalue weighted by atomic mass is 15.3. The maximum absolute atomic E-state index is 5.87. The van der Waals surface area contributed by atoms with Gasteiger partial charge >= 0.3 is 0 Å². The largest absolute Gasteiger partial charge is 0.384 e. The highest BCUT2D eigenvalue weighted by Gasteiger charge is 2.15. The summed E-state index contributed by atoms with van der Waals surface area (Å²) in [6, 6.07) is 3.34. The minimum absolute atomic E-state index is 0.0830. The van der Waals surface area contributed by atoms with E-state index in [-0.39, 0.29) is 11.8 Å². The third-order valence-electron chi connectivity index (χ3n) is 2.44. The van der Waals surface area contributed by atoms with E-state index in [2.05, 4.69) is 20.1 Å². The van der Waals surface area contributed by atoms with Crippen molar-refractivity contribution >= 4 is 23.2 Å². The molecule has 0 aromatic carbocycles. The van der Waals surface area contributed by atoms with Crippen LogP contribution in [0, 0.1) is 0 Å². The topological polar surface area (TPSA) is 134 Å². The molecule has 90 valence electrons. The Balaban J connectivity index is 2.34. The summed E-state index contributed by atoms with van der Waals surface area (Å²) >= 11 is 0. The van der Waals surface area contributed by atoms with E-state index in [1.54, 1.807) is 29.0 Å². The van der Waals surface area contributed by atoms with E-state index in [0.717, 1.165) is 0 Å². The Bertz CT molecular complexity index is 712. The number of nitrogens with two attached hydrogens (primary N) is 3. The van der Waals surface area contributed by atoms with Gasteiger partial charge in [0.1, 0.15) is 5.82 Å². The summed E-state index contributed by atoms with van der Waals surface area (Å²) in [4.78, 5) is 12.1. The molecule has 0 saturated heterocycles. The second-order valence-corrected chi connectivity index (χ2v) is 3.68. The molecule has 0 atom stereocenters. The maximum Gasteiger partial charge on any atom is 0.222 e. The van der Waals surface area contributed by atoms with Crippen molar-refractivity contribution in [2.45, 2.75) is 0 Å². The Labute approximate surface area is 101 Å². The SMILES string of the molecule is Nc1cc(-c2c(N)nn3cccnc23)nc(N)n1. The number of nitrogens with zero attached hydrogens (tertiary/aromatic N) is 5. The molecule has 3 aromatic heterocycles. The minimum Gasteiger partial charge on any atom is -0.384 e. The van der Waals surface area contributed by atoms with Gasteiger partial charge in [-0.1, -0.05) is 0 Å². The lowest BCUT2D eigenvalue weighted by Crippen LogP contribution is -2.01. The number of nitrogen functional groups attached to an aromatic ring is 3. The summed E-state index contributed by atoms with van der Waals surface area (Å²) in [7, 11) is 0. The molecule has 18 heavy (non-hydrogen) atoms. The molecule has 6 N–H and O–H groups in total. The van der Waals surface area contributed by atoms with Crippen molar-refractivity contribution in [3.63, 3.8) is 0 Å². The highest BCUT2D eigenvalue weighted by molar-refractivity contribution is 5.85. The molecule has 0 aliphatic heterocycles. The zero-order chi connectivity index (χ0) is 12.7.